The Morgan fingerprint density at radius 1 is 1.17 bits per heavy atom. The summed E-state index contributed by atoms with van der Waals surface area (Å²) < 4.78 is 0. The summed E-state index contributed by atoms with van der Waals surface area (Å²) in [5.41, 5.74) is -0.751. The van der Waals surface area contributed by atoms with Crippen LogP contribution < -0.4 is 4.90 Å². The second-order valence-electron chi connectivity index (χ2n) is 8.92. The van der Waals surface area contributed by atoms with E-state index in [1.165, 1.54) is 35.5 Å². The van der Waals surface area contributed by atoms with Gasteiger partial charge in [-0.15, -0.1) is 0 Å². The van der Waals surface area contributed by atoms with Crippen LogP contribution in [0.1, 0.15) is 59.3 Å². The Labute approximate surface area is 145 Å². The summed E-state index contributed by atoms with van der Waals surface area (Å²) in [6.07, 6.45) is 5.92. The number of aliphatic hydroxyl groups is 1. The zero-order valence-electron chi connectivity index (χ0n) is 15.4. The number of hydrogen-bond acceptors (Lipinski definition) is 3. The molecule has 3 rings (SSSR count). The molecule has 2 heterocycles. The first-order valence-corrected chi connectivity index (χ1v) is 9.65. The van der Waals surface area contributed by atoms with Gasteiger partial charge in [0.15, 0.2) is 0 Å². The fourth-order valence-corrected chi connectivity index (χ4v) is 5.12. The van der Waals surface area contributed by atoms with Crippen LogP contribution in [-0.4, -0.2) is 54.1 Å². The van der Waals surface area contributed by atoms with Gasteiger partial charge in [0, 0.05) is 5.92 Å². The van der Waals surface area contributed by atoms with E-state index in [1.54, 1.807) is 0 Å². The first kappa shape index (κ1) is 17.9. The molecule has 3 atom stereocenters. The topological polar surface area (TPSA) is 62.1 Å². The van der Waals surface area contributed by atoms with Gasteiger partial charge in [-0.25, -0.2) is 0 Å². The first-order valence-electron chi connectivity index (χ1n) is 9.65. The first-order chi connectivity index (χ1) is 11.3. The van der Waals surface area contributed by atoms with E-state index in [-0.39, 0.29) is 29.7 Å². The fraction of sp³-hybridized carbons (Fsp3) is 0.895. The molecule has 0 aromatic carbocycles. The quantitative estimate of drug-likeness (QED) is 0.739. The van der Waals surface area contributed by atoms with Gasteiger partial charge in [0.1, 0.15) is 12.6 Å². The van der Waals surface area contributed by atoms with Crippen molar-refractivity contribution < 1.29 is 19.6 Å². The maximum absolute atomic E-state index is 13.0. The number of piperidine rings is 1. The van der Waals surface area contributed by atoms with Crippen molar-refractivity contribution in [2.24, 2.45) is 16.7 Å². The lowest BCUT2D eigenvalue weighted by Crippen LogP contribution is -3.13. The summed E-state index contributed by atoms with van der Waals surface area (Å²) in [5, 5.41) is 10.5. The zero-order valence-corrected chi connectivity index (χ0v) is 15.4. The summed E-state index contributed by atoms with van der Waals surface area (Å²) in [6.45, 7) is 9.09. The number of amides is 2. The molecule has 0 spiro atoms. The van der Waals surface area contributed by atoms with E-state index in [4.69, 9.17) is 0 Å². The third-order valence-corrected chi connectivity index (χ3v) is 7.24. The van der Waals surface area contributed by atoms with Crippen LogP contribution in [-0.2, 0) is 9.59 Å². The van der Waals surface area contributed by atoms with E-state index in [9.17, 15) is 14.7 Å². The summed E-state index contributed by atoms with van der Waals surface area (Å²) in [6, 6.07) is 0. The maximum atomic E-state index is 13.0. The number of likely N-dealkylation sites (tertiary alicyclic amines) is 2. The summed E-state index contributed by atoms with van der Waals surface area (Å²) >= 11 is 0. The third-order valence-electron chi connectivity index (χ3n) is 7.24. The van der Waals surface area contributed by atoms with Gasteiger partial charge in [-0.3, -0.25) is 14.5 Å². The lowest BCUT2D eigenvalue weighted by molar-refractivity contribution is -0.902. The minimum Gasteiger partial charge on any atom is -0.385 e. The summed E-state index contributed by atoms with van der Waals surface area (Å²) in [7, 11) is 0. The molecular formula is C19H33N2O3+. The number of quaternary nitrogens is 1. The number of nitrogens with one attached hydrogen (secondary N) is 1. The molecule has 0 aromatic heterocycles. The average molecular weight is 337 g/mol. The van der Waals surface area contributed by atoms with Gasteiger partial charge in [-0.2, -0.15) is 0 Å². The number of rotatable bonds is 4. The molecule has 24 heavy (non-hydrogen) atoms. The Hall–Kier alpha value is -0.940. The number of carbonyl (C=O) groups is 2. The van der Waals surface area contributed by atoms with Gasteiger partial charge in [0.2, 0.25) is 11.8 Å². The Balaban J connectivity index is 1.66. The fourth-order valence-electron chi connectivity index (χ4n) is 5.12. The van der Waals surface area contributed by atoms with Crippen molar-refractivity contribution in [3.63, 3.8) is 0 Å². The molecule has 2 amide bonds. The minimum absolute atomic E-state index is 0.0649. The molecule has 5 heteroatoms. The van der Waals surface area contributed by atoms with Gasteiger partial charge in [0.25, 0.3) is 0 Å². The second kappa shape index (κ2) is 6.41. The highest BCUT2D eigenvalue weighted by Gasteiger charge is 2.64. The molecule has 1 aliphatic carbocycles. The molecule has 136 valence electrons. The predicted molar refractivity (Wildman–Crippen MR) is 91.4 cm³/mol. The van der Waals surface area contributed by atoms with E-state index in [2.05, 4.69) is 13.8 Å². The number of carbonyl (C=O) groups excluding carboxylic acids is 2. The van der Waals surface area contributed by atoms with Gasteiger partial charge in [-0.05, 0) is 43.9 Å². The van der Waals surface area contributed by atoms with Crippen molar-refractivity contribution in [2.75, 3.05) is 26.2 Å². The number of nitrogens with zero attached hydrogens (tertiary/aromatic N) is 1. The lowest BCUT2D eigenvalue weighted by Gasteiger charge is -2.48. The standard InChI is InChI=1S/C19H32N2O3/c1-18(2)15-8-9-19(18,3)17(24)21(16(15)23)13-14(22)12-20-10-6-4-5-7-11-20/h14-15,22H,4-13H2,1-3H3/p+1/t14-,15-,19+/m1/s1. The van der Waals surface area contributed by atoms with Crippen LogP contribution in [0, 0.1) is 16.7 Å². The normalized spacial score (nSPS) is 35.2. The number of fused-ring (bicyclic) bond motifs is 2. The van der Waals surface area contributed by atoms with Crippen LogP contribution in [0.25, 0.3) is 0 Å². The van der Waals surface area contributed by atoms with Crippen molar-refractivity contribution in [3.8, 4) is 0 Å². The Morgan fingerprint density at radius 3 is 2.42 bits per heavy atom. The van der Waals surface area contributed by atoms with Crippen LogP contribution in [0.2, 0.25) is 0 Å². The van der Waals surface area contributed by atoms with Crippen molar-refractivity contribution >= 4 is 11.8 Å². The maximum Gasteiger partial charge on any atom is 0.235 e. The van der Waals surface area contributed by atoms with Gasteiger partial charge in [0.05, 0.1) is 25.0 Å². The molecule has 2 saturated heterocycles. The lowest BCUT2D eigenvalue weighted by atomic mass is 9.62. The summed E-state index contributed by atoms with van der Waals surface area (Å²) in [5.74, 6) is -0.223. The number of hydrogen-bond donors (Lipinski definition) is 2. The molecule has 3 fully saturated rings. The van der Waals surface area contributed by atoms with Crippen LogP contribution in [0.4, 0.5) is 0 Å². The zero-order chi connectivity index (χ0) is 17.5. The largest absolute Gasteiger partial charge is 0.385 e. The molecule has 0 aromatic rings. The SMILES string of the molecule is CC1(C)[C@@H]2CC[C@@]1(C)C(=O)N(C[C@H](O)C[NH+]1CCCCCC1)C2=O. The van der Waals surface area contributed by atoms with E-state index >= 15 is 0 Å². The highest BCUT2D eigenvalue weighted by Crippen LogP contribution is 2.59. The number of imide groups is 1. The van der Waals surface area contributed by atoms with Crippen LogP contribution in [0.15, 0.2) is 0 Å². The monoisotopic (exact) mass is 337 g/mol. The third kappa shape index (κ3) is 2.80. The van der Waals surface area contributed by atoms with Crippen LogP contribution in [0.3, 0.4) is 0 Å². The molecule has 2 bridgehead atoms. The number of aliphatic hydroxyl groups excluding tert-OH is 1. The van der Waals surface area contributed by atoms with Gasteiger partial charge in [-0.1, -0.05) is 20.8 Å². The van der Waals surface area contributed by atoms with E-state index in [1.807, 2.05) is 6.92 Å². The second-order valence-corrected chi connectivity index (χ2v) is 8.92. The van der Waals surface area contributed by atoms with Gasteiger partial charge < -0.3 is 10.0 Å². The van der Waals surface area contributed by atoms with Crippen LogP contribution >= 0.6 is 0 Å². The van der Waals surface area contributed by atoms with E-state index in [0.717, 1.165) is 25.9 Å². The molecule has 2 N–H and O–H groups in total. The molecule has 2 aliphatic heterocycles. The molecule has 0 radical (unpaired) electrons. The van der Waals surface area contributed by atoms with Crippen LogP contribution in [0.5, 0.6) is 0 Å². The Kier molecular flexibility index (Phi) is 4.77. The Bertz CT molecular complexity index is 511. The predicted octanol–water partition coefficient (Wildman–Crippen LogP) is 0.618. The van der Waals surface area contributed by atoms with E-state index in [0.29, 0.717) is 6.54 Å². The van der Waals surface area contributed by atoms with Crippen molar-refractivity contribution in [1.82, 2.24) is 4.90 Å². The number of β-amino-alcohol motifs (C(OH)–C–C–N with tert-alkyl or cyclic N) is 1. The smallest absolute Gasteiger partial charge is 0.235 e. The van der Waals surface area contributed by atoms with E-state index < -0.39 is 11.5 Å². The van der Waals surface area contributed by atoms with Crippen molar-refractivity contribution in [3.05, 3.63) is 0 Å². The summed E-state index contributed by atoms with van der Waals surface area (Å²) in [4.78, 5) is 28.6. The molecule has 0 unspecified atom stereocenters. The van der Waals surface area contributed by atoms with Crippen molar-refractivity contribution in [1.29, 1.82) is 0 Å². The average Bonchev–Trinajstić information content (AvgIpc) is 2.70. The molecular weight excluding hydrogens is 304 g/mol. The molecule has 5 nitrogen and oxygen atoms in total. The minimum atomic E-state index is -0.616. The molecule has 1 saturated carbocycles. The highest BCUT2D eigenvalue weighted by molar-refractivity contribution is 6.03. The van der Waals surface area contributed by atoms with Crippen molar-refractivity contribution in [2.45, 2.75) is 65.4 Å². The van der Waals surface area contributed by atoms with Gasteiger partial charge >= 0.3 is 0 Å². The molecule has 3 aliphatic rings. The Morgan fingerprint density at radius 2 is 1.79 bits per heavy atom. The highest BCUT2D eigenvalue weighted by atomic mass is 16.3.